The van der Waals surface area contributed by atoms with Gasteiger partial charge in [-0.15, -0.1) is 0 Å². The second-order valence-corrected chi connectivity index (χ2v) is 34.1. The van der Waals surface area contributed by atoms with Gasteiger partial charge in [0.25, 0.3) is 0 Å². The van der Waals surface area contributed by atoms with E-state index in [2.05, 4.69) is 55.4 Å². The van der Waals surface area contributed by atoms with Crippen molar-refractivity contribution in [2.45, 2.75) is 440 Å². The molecule has 600 valence electrons. The number of unbranched alkanes of at least 4 members (excludes halogenated alkanes) is 44. The Balaban J connectivity index is 5.25. The average Bonchev–Trinajstić information content (AvgIpc) is 0.933. The van der Waals surface area contributed by atoms with Gasteiger partial charge in [-0.25, -0.2) is 9.13 Å². The van der Waals surface area contributed by atoms with Gasteiger partial charge in [0.2, 0.25) is 0 Å². The highest BCUT2D eigenvalue weighted by Crippen LogP contribution is 2.45. The standard InChI is InChI=1S/C82H160O17P2/c1-9-75(8)61-53-45-40-41-47-55-63-80(85)93-69-78(99-82(87)65-57-49-39-33-27-21-20-24-30-36-44-52-60-74(6)7)71-97-101(90,91)95-67-76(83)66-94-100(88,89)96-70-77(68-92-79(84)62-54-46-37-31-25-18-15-14-17-23-29-35-43-51-59-73(4)5)98-81(86)64-56-48-38-32-26-19-13-11-10-12-16-22-28-34-42-50-58-72(2)3/h72-78,83H,9-71H2,1-8H3,(H,88,89)(H,90,91)/t75?,76-,77-,78-/m1/s1. The van der Waals surface area contributed by atoms with Crippen molar-refractivity contribution >= 4 is 39.5 Å². The summed E-state index contributed by atoms with van der Waals surface area (Å²) < 4.78 is 68.8. The average molecular weight is 1480 g/mol. The molecule has 17 nitrogen and oxygen atoms in total. The molecule has 3 unspecified atom stereocenters. The molecule has 0 amide bonds. The van der Waals surface area contributed by atoms with Gasteiger partial charge in [0.1, 0.15) is 19.3 Å². The highest BCUT2D eigenvalue weighted by atomic mass is 31.2. The van der Waals surface area contributed by atoms with Crippen LogP contribution in [0.15, 0.2) is 0 Å². The minimum atomic E-state index is -4.96. The van der Waals surface area contributed by atoms with Crippen molar-refractivity contribution in [3.63, 3.8) is 0 Å². The van der Waals surface area contributed by atoms with E-state index in [1.807, 2.05) is 0 Å². The van der Waals surface area contributed by atoms with Crippen molar-refractivity contribution in [3.8, 4) is 0 Å². The summed E-state index contributed by atoms with van der Waals surface area (Å²) in [5, 5.41) is 10.6. The van der Waals surface area contributed by atoms with E-state index in [-0.39, 0.29) is 25.7 Å². The Morgan fingerprint density at radius 3 is 0.703 bits per heavy atom. The summed E-state index contributed by atoms with van der Waals surface area (Å²) in [4.78, 5) is 73.1. The Hall–Kier alpha value is -1.94. The highest BCUT2D eigenvalue weighted by molar-refractivity contribution is 7.47. The van der Waals surface area contributed by atoms with Gasteiger partial charge in [0.15, 0.2) is 12.2 Å². The third-order valence-electron chi connectivity index (χ3n) is 19.4. The lowest BCUT2D eigenvalue weighted by molar-refractivity contribution is -0.161. The lowest BCUT2D eigenvalue weighted by atomic mass is 10.00. The normalized spacial score (nSPS) is 14.3. The van der Waals surface area contributed by atoms with Crippen LogP contribution in [0.3, 0.4) is 0 Å². The molecule has 0 heterocycles. The molecule has 0 aromatic rings. The van der Waals surface area contributed by atoms with Crippen LogP contribution in [0.5, 0.6) is 0 Å². The predicted molar refractivity (Wildman–Crippen MR) is 414 cm³/mol. The van der Waals surface area contributed by atoms with Gasteiger partial charge in [-0.1, -0.05) is 370 Å². The van der Waals surface area contributed by atoms with Crippen molar-refractivity contribution in [2.24, 2.45) is 23.7 Å². The van der Waals surface area contributed by atoms with Gasteiger partial charge in [0, 0.05) is 25.7 Å². The van der Waals surface area contributed by atoms with Gasteiger partial charge in [-0.3, -0.25) is 37.3 Å². The monoisotopic (exact) mass is 1480 g/mol. The molecule has 0 bridgehead atoms. The van der Waals surface area contributed by atoms with E-state index < -0.39 is 97.5 Å². The van der Waals surface area contributed by atoms with Crippen LogP contribution in [0, 0.1) is 23.7 Å². The van der Waals surface area contributed by atoms with Crippen molar-refractivity contribution in [3.05, 3.63) is 0 Å². The number of esters is 4. The van der Waals surface area contributed by atoms with Gasteiger partial charge in [0.05, 0.1) is 26.4 Å². The molecule has 6 atom stereocenters. The molecular weight excluding hydrogens is 1320 g/mol. The Morgan fingerprint density at radius 1 is 0.277 bits per heavy atom. The minimum Gasteiger partial charge on any atom is -0.462 e. The van der Waals surface area contributed by atoms with E-state index in [0.29, 0.717) is 25.7 Å². The largest absolute Gasteiger partial charge is 0.472 e. The highest BCUT2D eigenvalue weighted by Gasteiger charge is 2.30. The second-order valence-electron chi connectivity index (χ2n) is 31.2. The molecule has 0 aromatic heterocycles. The third kappa shape index (κ3) is 74.7. The smallest absolute Gasteiger partial charge is 0.462 e. The SMILES string of the molecule is CCC(C)CCCCCCCCC(=O)OC[C@H](COP(=O)(O)OC[C@H](O)COP(=O)(O)OC[C@@H](COC(=O)CCCCCCCCCCCCCCCCC(C)C)OC(=O)CCCCCCCCCCCCCCCCCCC(C)C)OC(=O)CCCCCCCCCCCCCCC(C)C. The number of rotatable bonds is 79. The first kappa shape index (κ1) is 99.1. The lowest BCUT2D eigenvalue weighted by Crippen LogP contribution is -2.30. The molecule has 0 spiro atoms. The zero-order chi connectivity index (χ0) is 74.6. The maximum Gasteiger partial charge on any atom is 0.472 e. The van der Waals surface area contributed by atoms with Crippen LogP contribution >= 0.6 is 15.6 Å². The van der Waals surface area contributed by atoms with Gasteiger partial charge in [-0.05, 0) is 49.4 Å². The number of phosphoric acid groups is 2. The quantitative estimate of drug-likeness (QED) is 0.0222. The van der Waals surface area contributed by atoms with Crippen LogP contribution in [0.25, 0.3) is 0 Å². The van der Waals surface area contributed by atoms with Gasteiger partial charge in [-0.2, -0.15) is 0 Å². The van der Waals surface area contributed by atoms with Crippen molar-refractivity contribution in [2.75, 3.05) is 39.6 Å². The van der Waals surface area contributed by atoms with E-state index in [4.69, 9.17) is 37.0 Å². The first-order chi connectivity index (χ1) is 48.6. The first-order valence-electron chi connectivity index (χ1n) is 42.2. The van der Waals surface area contributed by atoms with Crippen LogP contribution in [0.1, 0.15) is 421 Å². The summed E-state index contributed by atoms with van der Waals surface area (Å²) in [7, 11) is -9.92. The number of ether oxygens (including phenoxy) is 4. The van der Waals surface area contributed by atoms with E-state index in [1.54, 1.807) is 0 Å². The van der Waals surface area contributed by atoms with Crippen LogP contribution < -0.4 is 0 Å². The molecule has 3 N–H and O–H groups in total. The summed E-state index contributed by atoms with van der Waals surface area (Å²) in [6, 6.07) is 0. The summed E-state index contributed by atoms with van der Waals surface area (Å²) >= 11 is 0. The maximum atomic E-state index is 13.1. The van der Waals surface area contributed by atoms with E-state index in [9.17, 15) is 43.2 Å². The molecule has 0 rings (SSSR count). The van der Waals surface area contributed by atoms with Crippen molar-refractivity contribution in [1.82, 2.24) is 0 Å². The van der Waals surface area contributed by atoms with E-state index in [1.165, 1.54) is 218 Å². The summed E-state index contributed by atoms with van der Waals surface area (Å²) in [5.41, 5.74) is 0. The topological polar surface area (TPSA) is 237 Å². The number of carbonyl (C=O) groups excluding carboxylic acids is 4. The molecule has 0 aliphatic rings. The van der Waals surface area contributed by atoms with E-state index in [0.717, 1.165) is 120 Å². The molecule has 0 radical (unpaired) electrons. The number of hydrogen-bond acceptors (Lipinski definition) is 15. The number of aliphatic hydroxyl groups excluding tert-OH is 1. The minimum absolute atomic E-state index is 0.106. The molecule has 0 aliphatic heterocycles. The number of phosphoric ester groups is 2. The van der Waals surface area contributed by atoms with E-state index >= 15 is 0 Å². The van der Waals surface area contributed by atoms with Crippen molar-refractivity contribution in [1.29, 1.82) is 0 Å². The van der Waals surface area contributed by atoms with Crippen molar-refractivity contribution < 1.29 is 80.2 Å². The summed E-state index contributed by atoms with van der Waals surface area (Å²) in [6.07, 6.45) is 58.3. The molecular formula is C82H160O17P2. The fourth-order valence-corrected chi connectivity index (χ4v) is 14.2. The Kier molecular flexibility index (Phi) is 69.6. The Labute approximate surface area is 619 Å². The zero-order valence-corrected chi connectivity index (χ0v) is 68.3. The number of aliphatic hydroxyl groups is 1. The number of carbonyl (C=O) groups is 4. The maximum absolute atomic E-state index is 13.1. The first-order valence-corrected chi connectivity index (χ1v) is 45.2. The fourth-order valence-electron chi connectivity index (χ4n) is 12.6. The van der Waals surface area contributed by atoms with Gasteiger partial charge >= 0.3 is 39.5 Å². The molecule has 0 aliphatic carbocycles. The van der Waals surface area contributed by atoms with Gasteiger partial charge < -0.3 is 33.8 Å². The number of hydrogen-bond donors (Lipinski definition) is 3. The second kappa shape index (κ2) is 71.0. The summed E-state index contributed by atoms with van der Waals surface area (Å²) in [6.45, 7) is 14.3. The molecule has 0 saturated heterocycles. The molecule has 0 aromatic carbocycles. The summed E-state index contributed by atoms with van der Waals surface area (Å²) in [5.74, 6) is 1.00. The molecule has 101 heavy (non-hydrogen) atoms. The lowest BCUT2D eigenvalue weighted by Gasteiger charge is -2.21. The third-order valence-corrected chi connectivity index (χ3v) is 21.3. The van der Waals surface area contributed by atoms with Crippen LogP contribution in [0.2, 0.25) is 0 Å². The van der Waals surface area contributed by atoms with Crippen LogP contribution in [0.4, 0.5) is 0 Å². The molecule has 0 saturated carbocycles. The van der Waals surface area contributed by atoms with Crippen LogP contribution in [-0.4, -0.2) is 96.7 Å². The zero-order valence-electron chi connectivity index (χ0n) is 66.5. The molecule has 19 heteroatoms. The van der Waals surface area contributed by atoms with Crippen LogP contribution in [-0.2, 0) is 65.4 Å². The Bertz CT molecular complexity index is 1970. The predicted octanol–water partition coefficient (Wildman–Crippen LogP) is 24.4. The molecule has 0 fully saturated rings. The Morgan fingerprint density at radius 2 is 0.475 bits per heavy atom. The fraction of sp³-hybridized carbons (Fsp3) is 0.951.